The molecule has 1 aromatic heterocycles. The lowest BCUT2D eigenvalue weighted by atomic mass is 10.1. The van der Waals surface area contributed by atoms with Crippen LogP contribution in [0.3, 0.4) is 0 Å². The average molecular weight is 1340 g/mol. The Balaban J connectivity index is 0.000000161. The minimum Gasteiger partial charge on any atom is -0.492 e. The first-order chi connectivity index (χ1) is 40.1. The number of methoxy groups -OCH3 is 1. The van der Waals surface area contributed by atoms with Crippen LogP contribution in [-0.2, 0) is 16.1 Å². The maximum absolute atomic E-state index is 9.00. The van der Waals surface area contributed by atoms with Gasteiger partial charge in [-0.15, -0.1) is 0 Å². The minimum atomic E-state index is 0.120. The van der Waals surface area contributed by atoms with Crippen LogP contribution < -0.4 is 60.9 Å². The fraction of sp³-hybridized carbons (Fsp3) is 0.450. The molecule has 446 valence electrons. The Bertz CT molecular complexity index is 2550. The van der Waals surface area contributed by atoms with E-state index in [4.69, 9.17) is 49.9 Å². The lowest BCUT2D eigenvalue weighted by Crippen LogP contribution is -2.58. The molecule has 5 aromatic carbocycles. The van der Waals surface area contributed by atoms with E-state index in [2.05, 4.69) is 119 Å². The highest BCUT2D eigenvalue weighted by Gasteiger charge is 2.28. The summed E-state index contributed by atoms with van der Waals surface area (Å²) in [6.45, 7) is 12.5. The number of aliphatic hydroxyl groups excluding tert-OH is 1. The van der Waals surface area contributed by atoms with Crippen molar-refractivity contribution in [1.29, 1.82) is 0 Å². The number of nitrogens with one attached hydrogen (secondary N) is 8. The number of H-pyrrole nitrogens is 1. The number of benzene rings is 5. The quantitative estimate of drug-likeness (QED) is 0.0339. The number of piperazine rings is 4. The second-order valence-electron chi connectivity index (χ2n) is 20.2. The summed E-state index contributed by atoms with van der Waals surface area (Å²) in [4.78, 5) is 9.10. The van der Waals surface area contributed by atoms with E-state index in [9.17, 15) is 0 Å². The van der Waals surface area contributed by atoms with Crippen LogP contribution in [0.15, 0.2) is 153 Å². The first kappa shape index (κ1) is 65.1. The molecule has 4 fully saturated rings. The van der Waals surface area contributed by atoms with E-state index in [1.807, 2.05) is 115 Å². The minimum absolute atomic E-state index is 0.120. The van der Waals surface area contributed by atoms with Gasteiger partial charge in [0.2, 0.25) is 5.88 Å². The summed E-state index contributed by atoms with van der Waals surface area (Å²) < 4.78 is 43.1. The fourth-order valence-corrected chi connectivity index (χ4v) is 10.1. The van der Waals surface area contributed by atoms with Crippen LogP contribution in [-0.4, -0.2) is 188 Å². The number of ether oxygens (including phenoxy) is 7. The van der Waals surface area contributed by atoms with E-state index in [-0.39, 0.29) is 30.8 Å². The van der Waals surface area contributed by atoms with E-state index in [0.29, 0.717) is 81.3 Å². The molecule has 8 unspecified atom stereocenters. The van der Waals surface area contributed by atoms with E-state index in [0.717, 1.165) is 95.4 Å². The number of likely N-dealkylation sites (N-methyl/N-ethyl adjacent to an activating group) is 1. The van der Waals surface area contributed by atoms with Gasteiger partial charge in [-0.2, -0.15) is 0 Å². The van der Waals surface area contributed by atoms with E-state index in [1.54, 1.807) is 19.6 Å². The molecule has 8 atom stereocenters. The highest BCUT2D eigenvalue weighted by Crippen LogP contribution is 2.20. The zero-order valence-corrected chi connectivity index (χ0v) is 52.1. The SMILES string of the molecule is CN1C(COCc2ccc(Br)cc2)CNCC1COc1ccc(Br)cc1.COCC1CNCC(COc2ccccc2)N1.Clc1ccc(OCC2CNCC(COc3ccc(Br)cc3)N2)cc1.OCC1CNCC(COc2cnc[nH]2)N1. The Kier molecular flexibility index (Phi) is 29.5. The standard InChI is InChI=1S/C20H24Br2N2O2.C18H20BrClN2O2.C13H20N2O2.C9H16N4O2/c1-24-18(13-25-12-15-2-4-16(21)5-3-15)10-23-11-19(24)14-26-20-8-6-17(22)7-9-20;19-13-1-5-17(6-2-13)23-11-15-9-21-10-16(22-15)12-24-18-7-3-14(20)4-8-18;1-16-9-11-7-14-8-12(15-11)10-17-13-5-3-2-4-6-13;14-4-7-1-10-2-8(13-7)5-15-9-3-11-6-12-9/h2-9,18-19,23H,10-14H2,1H3;1-8,15-16,21-22H,9-12H2;2-6,11-12,14-15H,7-10H2,1H3;3,6-8,10,13-14H,1-2,4-5H2,(H,11,12). The number of para-hydroxylation sites is 1. The van der Waals surface area contributed by atoms with Gasteiger partial charge in [0.15, 0.2) is 0 Å². The summed E-state index contributed by atoms with van der Waals surface area (Å²) in [6, 6.07) is 43.6. The number of aromatic amines is 1. The number of aliphatic hydroxyl groups is 1. The Morgan fingerprint density at radius 1 is 0.500 bits per heavy atom. The fourth-order valence-electron chi connectivity index (χ4n) is 9.16. The maximum atomic E-state index is 9.00. The predicted octanol–water partition coefficient (Wildman–Crippen LogP) is 6.92. The van der Waals surface area contributed by atoms with Gasteiger partial charge in [-0.05, 0) is 110 Å². The summed E-state index contributed by atoms with van der Waals surface area (Å²) in [6.07, 6.45) is 3.22. The van der Waals surface area contributed by atoms with Crippen molar-refractivity contribution in [3.63, 3.8) is 0 Å². The van der Waals surface area contributed by atoms with E-state index < -0.39 is 0 Å². The smallest absolute Gasteiger partial charge is 0.210 e. The highest BCUT2D eigenvalue weighted by molar-refractivity contribution is 9.11. The number of hydrogen-bond donors (Lipinski definition) is 9. The Morgan fingerprint density at radius 2 is 0.915 bits per heavy atom. The van der Waals surface area contributed by atoms with Crippen molar-refractivity contribution in [2.24, 2.45) is 0 Å². The maximum Gasteiger partial charge on any atom is 0.210 e. The summed E-state index contributed by atoms with van der Waals surface area (Å²) in [7, 11) is 3.88. The molecule has 10 rings (SSSR count). The number of halogens is 4. The molecule has 9 N–H and O–H groups in total. The molecular weight excluding hydrogens is 1260 g/mol. The van der Waals surface area contributed by atoms with Gasteiger partial charge in [0.05, 0.1) is 69.2 Å². The molecule has 22 heteroatoms. The number of hydrogen-bond acceptors (Lipinski definition) is 17. The predicted molar refractivity (Wildman–Crippen MR) is 334 cm³/mol. The highest BCUT2D eigenvalue weighted by atomic mass is 79.9. The van der Waals surface area contributed by atoms with Gasteiger partial charge in [-0.25, -0.2) is 4.98 Å². The molecule has 0 aliphatic carbocycles. The molecule has 0 bridgehead atoms. The third-order valence-electron chi connectivity index (χ3n) is 13.6. The topological polar surface area (TPSA) is 201 Å². The third-order valence-corrected chi connectivity index (χ3v) is 15.5. The lowest BCUT2D eigenvalue weighted by Gasteiger charge is -2.39. The van der Waals surface area contributed by atoms with E-state index >= 15 is 0 Å². The first-order valence-electron chi connectivity index (χ1n) is 27.8. The summed E-state index contributed by atoms with van der Waals surface area (Å²) >= 11 is 16.2. The first-order valence-corrected chi connectivity index (χ1v) is 30.5. The molecular formula is C60H80Br3ClN10O8. The third kappa shape index (κ3) is 24.7. The van der Waals surface area contributed by atoms with Crippen LogP contribution in [0.2, 0.25) is 5.02 Å². The second-order valence-corrected chi connectivity index (χ2v) is 23.4. The van der Waals surface area contributed by atoms with Crippen LogP contribution in [0, 0.1) is 0 Å². The second kappa shape index (κ2) is 37.1. The molecule has 0 saturated carbocycles. The summed E-state index contributed by atoms with van der Waals surface area (Å²) in [5.74, 6) is 4.19. The van der Waals surface area contributed by atoms with Crippen molar-refractivity contribution >= 4 is 59.4 Å². The van der Waals surface area contributed by atoms with Crippen LogP contribution >= 0.6 is 59.4 Å². The molecule has 4 saturated heterocycles. The number of imidazole rings is 1. The van der Waals surface area contributed by atoms with Crippen molar-refractivity contribution in [1.82, 2.24) is 52.1 Å². The average Bonchev–Trinajstić information content (AvgIpc) is 4.08. The molecule has 0 radical (unpaired) electrons. The number of aromatic nitrogens is 2. The van der Waals surface area contributed by atoms with Gasteiger partial charge in [-0.1, -0.05) is 89.7 Å². The zero-order valence-electron chi connectivity index (χ0n) is 46.6. The molecule has 6 aromatic rings. The van der Waals surface area contributed by atoms with Crippen molar-refractivity contribution in [2.45, 2.75) is 54.9 Å². The van der Waals surface area contributed by atoms with Crippen molar-refractivity contribution < 1.29 is 38.3 Å². The molecule has 5 heterocycles. The summed E-state index contributed by atoms with van der Waals surface area (Å²) in [5, 5.41) is 33.6. The van der Waals surface area contributed by atoms with Gasteiger partial charge in [-0.3, -0.25) is 4.90 Å². The van der Waals surface area contributed by atoms with Crippen LogP contribution in [0.25, 0.3) is 0 Å². The van der Waals surface area contributed by atoms with Gasteiger partial charge in [0, 0.05) is 96.0 Å². The molecule has 82 heavy (non-hydrogen) atoms. The van der Waals surface area contributed by atoms with Crippen molar-refractivity contribution in [3.8, 4) is 28.9 Å². The number of rotatable bonds is 22. The Morgan fingerprint density at radius 3 is 1.40 bits per heavy atom. The van der Waals surface area contributed by atoms with E-state index in [1.165, 1.54) is 5.56 Å². The van der Waals surface area contributed by atoms with Crippen molar-refractivity contribution in [2.75, 3.05) is 119 Å². The molecule has 4 aliphatic rings. The van der Waals surface area contributed by atoms with Gasteiger partial charge in [0.1, 0.15) is 56.0 Å². The summed E-state index contributed by atoms with van der Waals surface area (Å²) in [5.41, 5.74) is 1.19. The largest absolute Gasteiger partial charge is 0.492 e. The van der Waals surface area contributed by atoms with Crippen LogP contribution in [0.4, 0.5) is 0 Å². The Labute approximate surface area is 513 Å². The monoisotopic (exact) mass is 1340 g/mol. The normalized spacial score (nSPS) is 22.6. The molecule has 4 aliphatic heterocycles. The number of nitrogens with zero attached hydrogens (tertiary/aromatic N) is 2. The van der Waals surface area contributed by atoms with Gasteiger partial charge >= 0.3 is 0 Å². The molecule has 0 spiro atoms. The lowest BCUT2D eigenvalue weighted by molar-refractivity contribution is 0.0167. The molecule has 0 amide bonds. The van der Waals surface area contributed by atoms with Crippen LogP contribution in [0.5, 0.6) is 28.9 Å². The van der Waals surface area contributed by atoms with Gasteiger partial charge in [0.25, 0.3) is 0 Å². The van der Waals surface area contributed by atoms with Gasteiger partial charge < -0.3 is 80.5 Å². The van der Waals surface area contributed by atoms with Crippen molar-refractivity contribution in [3.05, 3.63) is 164 Å². The molecule has 18 nitrogen and oxygen atoms in total. The van der Waals surface area contributed by atoms with Crippen LogP contribution in [0.1, 0.15) is 5.56 Å². The zero-order chi connectivity index (χ0) is 57.6. The Hall–Kier alpha value is -4.40.